The van der Waals surface area contributed by atoms with Crippen molar-refractivity contribution in [3.63, 3.8) is 0 Å². The van der Waals surface area contributed by atoms with Crippen molar-refractivity contribution in [1.29, 1.82) is 0 Å². The number of carbonyl (C=O) groups excluding carboxylic acids is 1. The zero-order chi connectivity index (χ0) is 8.72. The normalized spacial score (nSPS) is 41.1. The quantitative estimate of drug-likeness (QED) is 0.356. The fraction of sp³-hybridized carbons (Fsp3) is 0.750. The Morgan fingerprint density at radius 2 is 2.50 bits per heavy atom. The van der Waals surface area contributed by atoms with Crippen LogP contribution >= 0.6 is 0 Å². The number of ether oxygens (including phenoxy) is 1. The Balaban J connectivity index is 2.11. The van der Waals surface area contributed by atoms with Gasteiger partial charge in [0.2, 0.25) is 0 Å². The van der Waals surface area contributed by atoms with E-state index in [4.69, 9.17) is 5.21 Å². The van der Waals surface area contributed by atoms with Crippen LogP contribution in [0.15, 0.2) is 5.16 Å². The lowest BCUT2D eigenvalue weighted by Gasteiger charge is -2.31. The summed E-state index contributed by atoms with van der Waals surface area (Å²) in [4.78, 5) is 11.2. The molecule has 0 spiro atoms. The summed E-state index contributed by atoms with van der Waals surface area (Å²) >= 11 is 0. The van der Waals surface area contributed by atoms with Crippen LogP contribution in [-0.2, 0) is 9.53 Å². The van der Waals surface area contributed by atoms with Gasteiger partial charge in [0.15, 0.2) is 0 Å². The fourth-order valence-electron chi connectivity index (χ4n) is 2.33. The number of methoxy groups -OCH3 is 1. The highest BCUT2D eigenvalue weighted by Crippen LogP contribution is 2.52. The minimum Gasteiger partial charge on any atom is -0.469 e. The molecule has 3 fully saturated rings. The van der Waals surface area contributed by atoms with Crippen molar-refractivity contribution >= 4 is 11.7 Å². The molecule has 0 amide bonds. The molecule has 3 saturated carbocycles. The zero-order valence-electron chi connectivity index (χ0n) is 6.86. The molecule has 0 radical (unpaired) electrons. The van der Waals surface area contributed by atoms with Gasteiger partial charge in [0.25, 0.3) is 0 Å². The van der Waals surface area contributed by atoms with Crippen molar-refractivity contribution in [1.82, 2.24) is 0 Å². The molecule has 3 aliphatic rings. The van der Waals surface area contributed by atoms with Crippen molar-refractivity contribution in [2.24, 2.45) is 22.9 Å². The number of fused-ring (bicyclic) bond motifs is 1. The van der Waals surface area contributed by atoms with E-state index in [1.807, 2.05) is 0 Å². The van der Waals surface area contributed by atoms with Gasteiger partial charge in [0.05, 0.1) is 18.7 Å². The Morgan fingerprint density at radius 1 is 1.75 bits per heavy atom. The SMILES string of the molecule is COC(=O)C1C2C/C(=N\O)C1C2. The fourth-order valence-corrected chi connectivity index (χ4v) is 2.33. The maximum atomic E-state index is 11.2. The Labute approximate surface area is 70.2 Å². The van der Waals surface area contributed by atoms with Crippen molar-refractivity contribution in [2.45, 2.75) is 12.8 Å². The maximum Gasteiger partial charge on any atom is 0.309 e. The minimum atomic E-state index is -0.157. The third kappa shape index (κ3) is 0.777. The van der Waals surface area contributed by atoms with E-state index >= 15 is 0 Å². The van der Waals surface area contributed by atoms with Crippen LogP contribution in [0.25, 0.3) is 0 Å². The average molecular weight is 169 g/mol. The predicted octanol–water partition coefficient (Wildman–Crippen LogP) is 0.646. The number of hydrogen-bond acceptors (Lipinski definition) is 4. The maximum absolute atomic E-state index is 11.2. The minimum absolute atomic E-state index is 0.0269. The summed E-state index contributed by atoms with van der Waals surface area (Å²) in [6.45, 7) is 0. The van der Waals surface area contributed by atoms with Crippen LogP contribution in [0.3, 0.4) is 0 Å². The number of esters is 1. The Morgan fingerprint density at radius 3 is 3.00 bits per heavy atom. The topological polar surface area (TPSA) is 58.9 Å². The molecule has 0 aromatic heterocycles. The molecule has 2 bridgehead atoms. The van der Waals surface area contributed by atoms with Crippen LogP contribution in [0.1, 0.15) is 12.8 Å². The third-order valence-corrected chi connectivity index (χ3v) is 3.00. The largest absolute Gasteiger partial charge is 0.469 e. The van der Waals surface area contributed by atoms with Gasteiger partial charge in [0, 0.05) is 5.92 Å². The molecule has 0 aromatic carbocycles. The second-order valence-electron chi connectivity index (χ2n) is 3.45. The Bertz CT molecular complexity index is 249. The summed E-state index contributed by atoms with van der Waals surface area (Å²) < 4.78 is 4.65. The first-order valence-electron chi connectivity index (χ1n) is 4.06. The molecular weight excluding hydrogens is 158 g/mol. The van der Waals surface area contributed by atoms with Crippen LogP contribution in [0.4, 0.5) is 0 Å². The van der Waals surface area contributed by atoms with Gasteiger partial charge in [-0.05, 0) is 18.8 Å². The molecule has 12 heavy (non-hydrogen) atoms. The number of carbonyl (C=O) groups is 1. The Kier molecular flexibility index (Phi) is 1.56. The molecule has 3 rings (SSSR count). The van der Waals surface area contributed by atoms with Gasteiger partial charge >= 0.3 is 5.97 Å². The van der Waals surface area contributed by atoms with Crippen LogP contribution in [0.5, 0.6) is 0 Å². The zero-order valence-corrected chi connectivity index (χ0v) is 6.86. The first-order valence-corrected chi connectivity index (χ1v) is 4.06. The highest BCUT2D eigenvalue weighted by molar-refractivity contribution is 5.97. The van der Waals surface area contributed by atoms with E-state index in [0.717, 1.165) is 18.6 Å². The van der Waals surface area contributed by atoms with Crippen molar-refractivity contribution < 1.29 is 14.7 Å². The van der Waals surface area contributed by atoms with Gasteiger partial charge in [0.1, 0.15) is 0 Å². The van der Waals surface area contributed by atoms with E-state index in [9.17, 15) is 4.79 Å². The highest BCUT2D eigenvalue weighted by atomic mass is 16.5. The molecule has 66 valence electrons. The average Bonchev–Trinajstić information content (AvgIpc) is 2.59. The van der Waals surface area contributed by atoms with Crippen LogP contribution in [0, 0.1) is 17.8 Å². The van der Waals surface area contributed by atoms with E-state index in [-0.39, 0.29) is 17.8 Å². The van der Waals surface area contributed by atoms with E-state index in [0.29, 0.717) is 5.92 Å². The third-order valence-electron chi connectivity index (χ3n) is 3.00. The summed E-state index contributed by atoms with van der Waals surface area (Å²) in [6.07, 6.45) is 1.75. The van der Waals surface area contributed by atoms with E-state index in [1.165, 1.54) is 7.11 Å². The number of rotatable bonds is 1. The van der Waals surface area contributed by atoms with Crippen molar-refractivity contribution in [2.75, 3.05) is 7.11 Å². The first-order chi connectivity index (χ1) is 5.77. The lowest BCUT2D eigenvalue weighted by Crippen LogP contribution is -2.37. The van der Waals surface area contributed by atoms with Gasteiger partial charge in [-0.15, -0.1) is 0 Å². The molecule has 4 nitrogen and oxygen atoms in total. The molecule has 4 heteroatoms. The molecule has 3 aliphatic carbocycles. The molecule has 0 aromatic rings. The van der Waals surface area contributed by atoms with Crippen molar-refractivity contribution in [3.8, 4) is 0 Å². The van der Waals surface area contributed by atoms with Crippen LogP contribution in [0.2, 0.25) is 0 Å². The first kappa shape index (κ1) is 7.58. The van der Waals surface area contributed by atoms with Gasteiger partial charge in [-0.2, -0.15) is 0 Å². The highest BCUT2D eigenvalue weighted by Gasteiger charge is 2.55. The molecule has 3 atom stereocenters. The monoisotopic (exact) mass is 169 g/mol. The number of hydrogen-bond donors (Lipinski definition) is 1. The van der Waals surface area contributed by atoms with Crippen LogP contribution in [-0.4, -0.2) is 24.0 Å². The summed E-state index contributed by atoms with van der Waals surface area (Å²) in [5.74, 6) is 0.344. The number of oxime groups is 1. The predicted molar refractivity (Wildman–Crippen MR) is 40.9 cm³/mol. The van der Waals surface area contributed by atoms with Crippen molar-refractivity contribution in [3.05, 3.63) is 0 Å². The molecule has 0 aliphatic heterocycles. The number of nitrogens with zero attached hydrogens (tertiary/aromatic N) is 1. The molecule has 0 saturated heterocycles. The standard InChI is InChI=1S/C8H11NO3/c1-12-8(10)7-4-2-5(7)6(3-4)9-11/h4-5,7,11H,2-3H2,1H3/b9-6+. The van der Waals surface area contributed by atoms with Crippen LogP contribution < -0.4 is 0 Å². The second kappa shape index (κ2) is 2.47. The van der Waals surface area contributed by atoms with E-state index in [2.05, 4.69) is 9.89 Å². The summed E-state index contributed by atoms with van der Waals surface area (Å²) in [6, 6.07) is 0. The summed E-state index contributed by atoms with van der Waals surface area (Å²) in [5.41, 5.74) is 0.774. The summed E-state index contributed by atoms with van der Waals surface area (Å²) in [5, 5.41) is 11.8. The van der Waals surface area contributed by atoms with Gasteiger partial charge in [-0.3, -0.25) is 4.79 Å². The van der Waals surface area contributed by atoms with E-state index < -0.39 is 0 Å². The van der Waals surface area contributed by atoms with Gasteiger partial charge in [-0.25, -0.2) is 0 Å². The summed E-state index contributed by atoms with van der Waals surface area (Å²) in [7, 11) is 1.40. The van der Waals surface area contributed by atoms with Gasteiger partial charge in [-0.1, -0.05) is 5.16 Å². The molecule has 1 N–H and O–H groups in total. The lowest BCUT2D eigenvalue weighted by molar-refractivity contribution is -0.152. The van der Waals surface area contributed by atoms with Gasteiger partial charge < -0.3 is 9.94 Å². The lowest BCUT2D eigenvalue weighted by atomic mass is 9.72. The second-order valence-corrected chi connectivity index (χ2v) is 3.45. The Hall–Kier alpha value is -1.06. The molecule has 3 unspecified atom stereocenters. The smallest absolute Gasteiger partial charge is 0.309 e. The molecule has 0 heterocycles. The molecular formula is C8H11NO3. The van der Waals surface area contributed by atoms with E-state index in [1.54, 1.807) is 0 Å².